The van der Waals surface area contributed by atoms with Crippen LogP contribution in [0.4, 0.5) is 0 Å². The summed E-state index contributed by atoms with van der Waals surface area (Å²) in [6, 6.07) is 4.36. The average molecular weight is 145 g/mol. The lowest BCUT2D eigenvalue weighted by Gasteiger charge is -2.06. The number of rotatable bonds is 0. The van der Waals surface area contributed by atoms with Crippen LogP contribution in [0.3, 0.4) is 0 Å². The Morgan fingerprint density at radius 2 is 1.00 bits per heavy atom. The standard InChI is InChI=1S/C10H14.B/c1-7-5-6-8(2)10(4)9(7)3;/h5-6H,1-4H3;. The van der Waals surface area contributed by atoms with E-state index in [-0.39, 0.29) is 8.41 Å². The number of hydrogen-bond donors (Lipinski definition) is 0. The summed E-state index contributed by atoms with van der Waals surface area (Å²) in [5.41, 5.74) is 5.64. The van der Waals surface area contributed by atoms with Gasteiger partial charge in [0.1, 0.15) is 0 Å². The maximum Gasteiger partial charge on any atom is 0 e. The van der Waals surface area contributed by atoms with E-state index in [2.05, 4.69) is 39.8 Å². The molecule has 0 aliphatic carbocycles. The van der Waals surface area contributed by atoms with E-state index in [1.165, 1.54) is 22.3 Å². The molecule has 11 heavy (non-hydrogen) atoms. The van der Waals surface area contributed by atoms with Gasteiger partial charge < -0.3 is 0 Å². The van der Waals surface area contributed by atoms with Gasteiger partial charge in [0.25, 0.3) is 0 Å². The Morgan fingerprint density at radius 3 is 1.27 bits per heavy atom. The maximum atomic E-state index is 2.18. The van der Waals surface area contributed by atoms with Gasteiger partial charge >= 0.3 is 0 Å². The second-order valence-corrected chi connectivity index (χ2v) is 2.95. The first-order chi connectivity index (χ1) is 4.63. The second-order valence-electron chi connectivity index (χ2n) is 2.95. The molecule has 1 aromatic rings. The first kappa shape index (κ1) is 10.3. The fraction of sp³-hybridized carbons (Fsp3) is 0.400. The molecule has 0 saturated heterocycles. The van der Waals surface area contributed by atoms with E-state index >= 15 is 0 Å². The highest BCUT2D eigenvalue weighted by Crippen LogP contribution is 2.15. The first-order valence-electron chi connectivity index (χ1n) is 3.66. The normalized spacial score (nSPS) is 9.09. The fourth-order valence-electron chi connectivity index (χ4n) is 1.09. The lowest BCUT2D eigenvalue weighted by atomic mass is 10.0. The predicted molar refractivity (Wildman–Crippen MR) is 51.1 cm³/mol. The van der Waals surface area contributed by atoms with E-state index in [0.29, 0.717) is 0 Å². The molecule has 1 heteroatoms. The van der Waals surface area contributed by atoms with Crippen LogP contribution in [-0.2, 0) is 0 Å². The highest BCUT2D eigenvalue weighted by molar-refractivity contribution is 5.75. The van der Waals surface area contributed by atoms with Gasteiger partial charge in [0.2, 0.25) is 0 Å². The summed E-state index contributed by atoms with van der Waals surface area (Å²) in [5, 5.41) is 0. The van der Waals surface area contributed by atoms with Crippen LogP contribution in [0.25, 0.3) is 0 Å². The van der Waals surface area contributed by atoms with Crippen molar-refractivity contribution in [2.24, 2.45) is 0 Å². The largest absolute Gasteiger partial charge is 0.0588 e. The van der Waals surface area contributed by atoms with Gasteiger partial charge in [-0.2, -0.15) is 0 Å². The Morgan fingerprint density at radius 1 is 0.727 bits per heavy atom. The second kappa shape index (κ2) is 3.61. The molecular formula is C10H14B. The van der Waals surface area contributed by atoms with E-state index < -0.39 is 0 Å². The van der Waals surface area contributed by atoms with Crippen LogP contribution in [0.15, 0.2) is 12.1 Å². The zero-order valence-electron chi connectivity index (χ0n) is 7.73. The van der Waals surface area contributed by atoms with Gasteiger partial charge in [0, 0.05) is 8.41 Å². The molecule has 0 heterocycles. The van der Waals surface area contributed by atoms with Crippen LogP contribution in [-0.4, -0.2) is 8.41 Å². The number of benzene rings is 1. The molecule has 0 atom stereocenters. The van der Waals surface area contributed by atoms with Crippen molar-refractivity contribution in [1.82, 2.24) is 0 Å². The minimum atomic E-state index is 0. The summed E-state index contributed by atoms with van der Waals surface area (Å²) >= 11 is 0. The number of aryl methyl sites for hydroxylation is 2. The van der Waals surface area contributed by atoms with Gasteiger partial charge in [-0.3, -0.25) is 0 Å². The monoisotopic (exact) mass is 145 g/mol. The van der Waals surface area contributed by atoms with Crippen LogP contribution < -0.4 is 0 Å². The molecule has 0 unspecified atom stereocenters. The molecule has 0 saturated carbocycles. The lowest BCUT2D eigenvalue weighted by molar-refractivity contribution is 1.22. The van der Waals surface area contributed by atoms with Crippen molar-refractivity contribution in [2.45, 2.75) is 27.7 Å². The smallest absolute Gasteiger partial charge is 0 e. The molecular weight excluding hydrogens is 131 g/mol. The quantitative estimate of drug-likeness (QED) is 0.492. The molecule has 1 rings (SSSR count). The van der Waals surface area contributed by atoms with Crippen molar-refractivity contribution < 1.29 is 0 Å². The highest BCUT2D eigenvalue weighted by atomic mass is 14.0. The van der Waals surface area contributed by atoms with Gasteiger partial charge in [-0.1, -0.05) is 12.1 Å². The van der Waals surface area contributed by atoms with Crippen molar-refractivity contribution >= 4 is 8.41 Å². The maximum absolute atomic E-state index is 2.18. The third-order valence-electron chi connectivity index (χ3n) is 2.33. The van der Waals surface area contributed by atoms with Crippen LogP contribution in [0.2, 0.25) is 0 Å². The molecule has 3 radical (unpaired) electrons. The van der Waals surface area contributed by atoms with E-state index in [1.807, 2.05) is 0 Å². The molecule has 0 fully saturated rings. The molecule has 0 spiro atoms. The van der Waals surface area contributed by atoms with E-state index in [0.717, 1.165) is 0 Å². The Balaban J connectivity index is 0.000001000. The molecule has 0 aliphatic rings. The molecule has 0 N–H and O–H groups in total. The summed E-state index contributed by atoms with van der Waals surface area (Å²) in [5.74, 6) is 0. The van der Waals surface area contributed by atoms with Crippen molar-refractivity contribution in [3.63, 3.8) is 0 Å². The van der Waals surface area contributed by atoms with E-state index in [1.54, 1.807) is 0 Å². The summed E-state index contributed by atoms with van der Waals surface area (Å²) in [6.07, 6.45) is 0. The van der Waals surface area contributed by atoms with Crippen LogP contribution in [0.1, 0.15) is 22.3 Å². The first-order valence-corrected chi connectivity index (χ1v) is 3.66. The molecule has 57 valence electrons. The van der Waals surface area contributed by atoms with Crippen molar-refractivity contribution in [1.29, 1.82) is 0 Å². The van der Waals surface area contributed by atoms with Crippen molar-refractivity contribution in [3.8, 4) is 0 Å². The molecule has 0 aromatic heterocycles. The molecule has 0 amide bonds. The Hall–Kier alpha value is -0.715. The minimum Gasteiger partial charge on any atom is -0.0588 e. The zero-order chi connectivity index (χ0) is 7.72. The third kappa shape index (κ3) is 1.86. The van der Waals surface area contributed by atoms with Crippen molar-refractivity contribution in [3.05, 3.63) is 34.4 Å². The Labute approximate surface area is 71.2 Å². The molecule has 0 bridgehead atoms. The molecule has 0 nitrogen and oxygen atoms in total. The van der Waals surface area contributed by atoms with Gasteiger partial charge in [-0.25, -0.2) is 0 Å². The predicted octanol–water partition coefficient (Wildman–Crippen LogP) is 2.54. The summed E-state index contributed by atoms with van der Waals surface area (Å²) in [7, 11) is 0. The topological polar surface area (TPSA) is 0 Å². The SMILES string of the molecule is Cc1ccc(C)c(C)c1C.[B]. The van der Waals surface area contributed by atoms with E-state index in [4.69, 9.17) is 0 Å². The van der Waals surface area contributed by atoms with Gasteiger partial charge in [-0.15, -0.1) is 0 Å². The Kier molecular flexibility index (Phi) is 3.38. The fourth-order valence-corrected chi connectivity index (χ4v) is 1.09. The molecule has 0 aliphatic heterocycles. The van der Waals surface area contributed by atoms with Crippen LogP contribution >= 0.6 is 0 Å². The van der Waals surface area contributed by atoms with Crippen LogP contribution in [0.5, 0.6) is 0 Å². The average Bonchev–Trinajstić information content (AvgIpc) is 1.93. The third-order valence-corrected chi connectivity index (χ3v) is 2.33. The summed E-state index contributed by atoms with van der Waals surface area (Å²) < 4.78 is 0. The van der Waals surface area contributed by atoms with Gasteiger partial charge in [-0.05, 0) is 49.9 Å². The lowest BCUT2D eigenvalue weighted by Crippen LogP contribution is -1.88. The summed E-state index contributed by atoms with van der Waals surface area (Å²) in [6.45, 7) is 8.67. The van der Waals surface area contributed by atoms with Gasteiger partial charge in [0.15, 0.2) is 0 Å². The van der Waals surface area contributed by atoms with Crippen molar-refractivity contribution in [2.75, 3.05) is 0 Å². The number of hydrogen-bond acceptors (Lipinski definition) is 0. The van der Waals surface area contributed by atoms with Gasteiger partial charge in [0.05, 0.1) is 0 Å². The highest BCUT2D eigenvalue weighted by Gasteiger charge is 1.97. The Bertz CT molecular complexity index is 224. The zero-order valence-corrected chi connectivity index (χ0v) is 7.73. The summed E-state index contributed by atoms with van der Waals surface area (Å²) in [4.78, 5) is 0. The minimum absolute atomic E-state index is 0. The van der Waals surface area contributed by atoms with E-state index in [9.17, 15) is 0 Å². The molecule has 1 aromatic carbocycles. The van der Waals surface area contributed by atoms with Crippen LogP contribution in [0, 0.1) is 27.7 Å².